The van der Waals surface area contributed by atoms with Crippen molar-refractivity contribution in [3.05, 3.63) is 30.1 Å². The fraction of sp³-hybridized carbons (Fsp3) is 0.125. The summed E-state index contributed by atoms with van der Waals surface area (Å²) in [4.78, 5) is 27.6. The van der Waals surface area contributed by atoms with Crippen LogP contribution in [-0.2, 0) is 6.42 Å². The van der Waals surface area contributed by atoms with Crippen molar-refractivity contribution < 1.29 is 0 Å². The van der Waals surface area contributed by atoms with E-state index in [1.165, 1.54) is 11.3 Å². The topological polar surface area (TPSA) is 89.5 Å². The van der Waals surface area contributed by atoms with Crippen LogP contribution in [-0.4, -0.2) is 9.97 Å². The number of nitrogens with zero attached hydrogens (tertiary/aromatic N) is 1. The maximum absolute atomic E-state index is 11.1. The number of thiophene rings is 1. The molecule has 0 aromatic carbocycles. The van der Waals surface area contributed by atoms with Crippen LogP contribution in [0.1, 0.15) is 5.56 Å². The Morgan fingerprint density at radius 1 is 1.33 bits per heavy atom. The lowest BCUT2D eigenvalue weighted by Gasteiger charge is -1.92. The Bertz CT molecular complexity index is 676. The molecule has 2 heterocycles. The van der Waals surface area contributed by atoms with Gasteiger partial charge in [-0.1, -0.05) is 0 Å². The van der Waals surface area contributed by atoms with Crippen molar-refractivity contribution in [2.24, 2.45) is 0 Å². The van der Waals surface area contributed by atoms with Gasteiger partial charge >= 0.3 is 11.1 Å². The summed E-state index contributed by atoms with van der Waals surface area (Å²) < 4.78 is 0.747. The first kappa shape index (κ1) is 10.1. The third-order valence-electron chi connectivity index (χ3n) is 1.89. The molecule has 2 aromatic rings. The molecule has 0 bridgehead atoms. The van der Waals surface area contributed by atoms with Crippen molar-refractivity contribution in [2.45, 2.75) is 6.42 Å². The minimum atomic E-state index is -0.702. The predicted octanol–water partition coefficient (Wildman–Crippen LogP) is 1.11. The van der Waals surface area contributed by atoms with Gasteiger partial charge in [-0.25, -0.2) is 0 Å². The molecule has 7 heteroatoms. The van der Waals surface area contributed by atoms with Crippen molar-refractivity contribution in [1.82, 2.24) is 9.97 Å². The zero-order chi connectivity index (χ0) is 11.0. The molecular weight excluding hydrogens is 282 g/mol. The highest BCUT2D eigenvalue weighted by Gasteiger charge is 2.12. The van der Waals surface area contributed by atoms with Crippen LogP contribution in [0.2, 0.25) is 0 Å². The smallest absolute Gasteiger partial charge is 0.314 e. The van der Waals surface area contributed by atoms with Gasteiger partial charge in [-0.15, -0.1) is 11.3 Å². The number of aromatic amines is 2. The molecule has 2 N–H and O–H groups in total. The predicted molar refractivity (Wildman–Crippen MR) is 60.1 cm³/mol. The number of rotatable bonds is 1. The number of H-pyrrole nitrogens is 2. The Morgan fingerprint density at radius 2 is 2.00 bits per heavy atom. The zero-order valence-corrected chi connectivity index (χ0v) is 9.66. The van der Waals surface area contributed by atoms with Crippen LogP contribution in [0.5, 0.6) is 0 Å². The van der Waals surface area contributed by atoms with Gasteiger partial charge in [-0.3, -0.25) is 9.59 Å². The van der Waals surface area contributed by atoms with E-state index < -0.39 is 11.1 Å². The van der Waals surface area contributed by atoms with Crippen LogP contribution in [0, 0.1) is 11.3 Å². The standard InChI is InChI=1S/C8H4BrN3O2S/c9-5-3(1-2-10)4-8(15-5)12-7(14)6(13)11-4/h1H2,(H,11,13)(H,12,14). The first-order valence-corrected chi connectivity index (χ1v) is 5.55. The number of hydrogen-bond acceptors (Lipinski definition) is 4. The largest absolute Gasteiger partial charge is 0.315 e. The van der Waals surface area contributed by atoms with Crippen molar-refractivity contribution >= 4 is 37.6 Å². The third-order valence-corrected chi connectivity index (χ3v) is 3.79. The lowest BCUT2D eigenvalue weighted by atomic mass is 10.2. The highest BCUT2D eigenvalue weighted by Crippen LogP contribution is 2.32. The van der Waals surface area contributed by atoms with E-state index >= 15 is 0 Å². The first-order valence-electron chi connectivity index (χ1n) is 3.94. The Morgan fingerprint density at radius 3 is 2.67 bits per heavy atom. The highest BCUT2D eigenvalue weighted by atomic mass is 79.9. The summed E-state index contributed by atoms with van der Waals surface area (Å²) in [6.07, 6.45) is 0.183. The fourth-order valence-electron chi connectivity index (χ4n) is 1.22. The number of hydrogen-bond donors (Lipinski definition) is 2. The second kappa shape index (κ2) is 3.64. The number of halogens is 1. The highest BCUT2D eigenvalue weighted by molar-refractivity contribution is 9.11. The van der Waals surface area contributed by atoms with Crippen molar-refractivity contribution in [1.29, 1.82) is 5.26 Å². The molecular formula is C8H4BrN3O2S. The molecule has 0 atom stereocenters. The SMILES string of the molecule is N#CCc1c(Br)sc2[nH]c(=O)c(=O)[nH]c12. The van der Waals surface area contributed by atoms with Crippen LogP contribution in [0.3, 0.4) is 0 Å². The molecule has 15 heavy (non-hydrogen) atoms. The molecule has 0 spiro atoms. The first-order chi connectivity index (χ1) is 7.13. The monoisotopic (exact) mass is 285 g/mol. The number of nitrogens with one attached hydrogen (secondary N) is 2. The van der Waals surface area contributed by atoms with E-state index in [1.54, 1.807) is 0 Å². The van der Waals surface area contributed by atoms with Crippen LogP contribution >= 0.6 is 27.3 Å². The van der Waals surface area contributed by atoms with Gasteiger partial charge in [0.15, 0.2) is 0 Å². The molecule has 2 rings (SSSR count). The second-order valence-electron chi connectivity index (χ2n) is 2.80. The Kier molecular flexibility index (Phi) is 2.46. The summed E-state index contributed by atoms with van der Waals surface area (Å²) in [5.41, 5.74) is -0.157. The average Bonchev–Trinajstić information content (AvgIpc) is 2.46. The number of nitriles is 1. The van der Waals surface area contributed by atoms with Gasteiger partial charge in [0.1, 0.15) is 4.83 Å². The van der Waals surface area contributed by atoms with E-state index in [4.69, 9.17) is 5.26 Å². The zero-order valence-electron chi connectivity index (χ0n) is 7.26. The molecule has 0 aliphatic heterocycles. The third kappa shape index (κ3) is 1.62. The van der Waals surface area contributed by atoms with Crippen molar-refractivity contribution in [3.63, 3.8) is 0 Å². The average molecular weight is 286 g/mol. The van der Waals surface area contributed by atoms with Gasteiger partial charge in [0.25, 0.3) is 0 Å². The maximum Gasteiger partial charge on any atom is 0.314 e. The normalized spacial score (nSPS) is 10.4. The van der Waals surface area contributed by atoms with Crippen LogP contribution < -0.4 is 11.1 Å². The molecule has 0 unspecified atom stereocenters. The van der Waals surface area contributed by atoms with Crippen molar-refractivity contribution in [3.8, 4) is 6.07 Å². The van der Waals surface area contributed by atoms with Gasteiger partial charge in [0.2, 0.25) is 0 Å². The quantitative estimate of drug-likeness (QED) is 0.769. The fourth-order valence-corrected chi connectivity index (χ4v) is 2.95. The van der Waals surface area contributed by atoms with E-state index in [0.717, 1.165) is 3.79 Å². The molecule has 0 saturated heterocycles. The van der Waals surface area contributed by atoms with E-state index in [1.807, 2.05) is 6.07 Å². The second-order valence-corrected chi connectivity index (χ2v) is 5.14. The molecule has 0 aliphatic carbocycles. The summed E-state index contributed by atoms with van der Waals surface area (Å²) in [7, 11) is 0. The van der Waals surface area contributed by atoms with Crippen LogP contribution in [0.25, 0.3) is 10.3 Å². The van der Waals surface area contributed by atoms with Gasteiger partial charge in [0, 0.05) is 5.56 Å². The van der Waals surface area contributed by atoms with E-state index in [0.29, 0.717) is 15.9 Å². The molecule has 5 nitrogen and oxygen atoms in total. The van der Waals surface area contributed by atoms with Gasteiger partial charge in [-0.2, -0.15) is 5.26 Å². The van der Waals surface area contributed by atoms with Crippen molar-refractivity contribution in [2.75, 3.05) is 0 Å². The number of aromatic nitrogens is 2. The van der Waals surface area contributed by atoms with Gasteiger partial charge in [0.05, 0.1) is 21.8 Å². The van der Waals surface area contributed by atoms with Crippen LogP contribution in [0.15, 0.2) is 13.4 Å². The summed E-state index contributed by atoms with van der Waals surface area (Å²) in [6, 6.07) is 2.00. The maximum atomic E-state index is 11.1. The molecule has 0 saturated carbocycles. The molecule has 0 aliphatic rings. The lowest BCUT2D eigenvalue weighted by Crippen LogP contribution is -2.28. The van der Waals surface area contributed by atoms with E-state index in [9.17, 15) is 9.59 Å². The Balaban J connectivity index is 2.89. The summed E-state index contributed by atoms with van der Waals surface area (Å²) in [6.45, 7) is 0. The molecule has 0 radical (unpaired) electrons. The molecule has 0 fully saturated rings. The summed E-state index contributed by atoms with van der Waals surface area (Å²) >= 11 is 4.56. The number of fused-ring (bicyclic) bond motifs is 1. The van der Waals surface area contributed by atoms with Crippen LogP contribution in [0.4, 0.5) is 0 Å². The Hall–Kier alpha value is -1.39. The summed E-state index contributed by atoms with van der Waals surface area (Å²) in [5.74, 6) is 0. The van der Waals surface area contributed by atoms with E-state index in [2.05, 4.69) is 25.9 Å². The minimum absolute atomic E-state index is 0.183. The summed E-state index contributed by atoms with van der Waals surface area (Å²) in [5, 5.41) is 8.62. The van der Waals surface area contributed by atoms with E-state index in [-0.39, 0.29) is 6.42 Å². The van der Waals surface area contributed by atoms with Gasteiger partial charge < -0.3 is 9.97 Å². The lowest BCUT2D eigenvalue weighted by molar-refractivity contribution is 1.14. The van der Waals surface area contributed by atoms with Gasteiger partial charge in [-0.05, 0) is 15.9 Å². The Labute approximate surface area is 95.5 Å². The molecule has 76 valence electrons. The molecule has 0 amide bonds. The molecule has 2 aromatic heterocycles. The minimum Gasteiger partial charge on any atom is -0.315 e.